The predicted octanol–water partition coefficient (Wildman–Crippen LogP) is 9.48. The van der Waals surface area contributed by atoms with Gasteiger partial charge in [-0.1, -0.05) is 127 Å². The van der Waals surface area contributed by atoms with Gasteiger partial charge in [-0.2, -0.15) is 0 Å². The molecule has 6 aromatic carbocycles. The Morgan fingerprint density at radius 1 is 0.419 bits per heavy atom. The highest BCUT2D eigenvalue weighted by Crippen LogP contribution is 2.33. The SMILES string of the molecule is CCC[Si](C)(c1ccc(-n2c3ccccc3c3ccccc32)cc1)c1ccc(-n2c3ccccc3c3ccccc32)cc1. The average Bonchev–Trinajstić information content (AvgIpc) is 3.58. The number of nitrogens with zero attached hydrogens (tertiary/aromatic N) is 2. The molecule has 2 aromatic heterocycles. The summed E-state index contributed by atoms with van der Waals surface area (Å²) >= 11 is 0. The number of benzene rings is 6. The van der Waals surface area contributed by atoms with Crippen LogP contribution in [0.15, 0.2) is 146 Å². The molecule has 0 aliphatic rings. The molecule has 0 saturated carbocycles. The van der Waals surface area contributed by atoms with Crippen molar-refractivity contribution < 1.29 is 0 Å². The summed E-state index contributed by atoms with van der Waals surface area (Å²) in [6, 6.07) is 55.1. The maximum atomic E-state index is 2.54. The average molecular weight is 571 g/mol. The van der Waals surface area contributed by atoms with Crippen molar-refractivity contribution >= 4 is 62.1 Å². The lowest BCUT2D eigenvalue weighted by atomic mass is 10.2. The second kappa shape index (κ2) is 10.1. The Labute approximate surface area is 253 Å². The van der Waals surface area contributed by atoms with Crippen molar-refractivity contribution in [3.8, 4) is 11.4 Å². The molecule has 43 heavy (non-hydrogen) atoms. The molecule has 8 rings (SSSR count). The fraction of sp³-hybridized carbons (Fsp3) is 0.100. The van der Waals surface area contributed by atoms with E-state index in [-0.39, 0.29) is 0 Å². The van der Waals surface area contributed by atoms with Gasteiger partial charge < -0.3 is 9.13 Å². The fourth-order valence-electron chi connectivity index (χ4n) is 7.31. The molecular formula is C40H34N2Si. The smallest absolute Gasteiger partial charge is 0.115 e. The monoisotopic (exact) mass is 570 g/mol. The molecule has 0 spiro atoms. The molecule has 0 amide bonds. The Morgan fingerprint density at radius 3 is 1.02 bits per heavy atom. The number of hydrogen-bond acceptors (Lipinski definition) is 0. The molecular weight excluding hydrogens is 537 g/mol. The van der Waals surface area contributed by atoms with Gasteiger partial charge >= 0.3 is 0 Å². The molecule has 0 N–H and O–H groups in total. The van der Waals surface area contributed by atoms with Crippen LogP contribution in [-0.2, 0) is 0 Å². The Hall–Kier alpha value is -4.86. The van der Waals surface area contributed by atoms with Crippen molar-refractivity contribution in [3.63, 3.8) is 0 Å². The van der Waals surface area contributed by atoms with Gasteiger partial charge in [0.25, 0.3) is 0 Å². The molecule has 8 aromatic rings. The zero-order valence-corrected chi connectivity index (χ0v) is 25.7. The molecule has 2 nitrogen and oxygen atoms in total. The van der Waals surface area contributed by atoms with Crippen LogP contribution in [-0.4, -0.2) is 17.2 Å². The first-order chi connectivity index (χ1) is 21.2. The second-order valence-corrected chi connectivity index (χ2v) is 16.2. The van der Waals surface area contributed by atoms with Crippen molar-refractivity contribution in [3.05, 3.63) is 146 Å². The van der Waals surface area contributed by atoms with Crippen LogP contribution in [0, 0.1) is 0 Å². The minimum atomic E-state index is -1.95. The minimum Gasteiger partial charge on any atom is -0.309 e. The van der Waals surface area contributed by atoms with Crippen molar-refractivity contribution in [2.75, 3.05) is 0 Å². The quantitative estimate of drug-likeness (QED) is 0.176. The molecule has 0 aliphatic carbocycles. The van der Waals surface area contributed by atoms with Crippen LogP contribution < -0.4 is 10.4 Å². The maximum Gasteiger partial charge on any atom is 0.115 e. The minimum absolute atomic E-state index is 1.17. The van der Waals surface area contributed by atoms with Gasteiger partial charge in [-0.25, -0.2) is 0 Å². The summed E-state index contributed by atoms with van der Waals surface area (Å²) in [5.74, 6) is 0. The zero-order valence-electron chi connectivity index (χ0n) is 24.7. The second-order valence-electron chi connectivity index (χ2n) is 11.9. The van der Waals surface area contributed by atoms with Gasteiger partial charge in [0, 0.05) is 32.9 Å². The van der Waals surface area contributed by atoms with E-state index < -0.39 is 8.07 Å². The predicted molar refractivity (Wildman–Crippen MR) is 188 cm³/mol. The Kier molecular flexibility index (Phi) is 6.09. The van der Waals surface area contributed by atoms with Gasteiger partial charge in [0.05, 0.1) is 22.1 Å². The first-order valence-corrected chi connectivity index (χ1v) is 18.1. The summed E-state index contributed by atoms with van der Waals surface area (Å²) in [5.41, 5.74) is 7.46. The van der Waals surface area contributed by atoms with Crippen molar-refractivity contribution in [1.29, 1.82) is 0 Å². The molecule has 0 fully saturated rings. The first-order valence-electron chi connectivity index (χ1n) is 15.4. The topological polar surface area (TPSA) is 9.86 Å². The van der Waals surface area contributed by atoms with Crippen molar-refractivity contribution in [2.24, 2.45) is 0 Å². The third-order valence-electron chi connectivity index (χ3n) is 9.44. The zero-order chi connectivity index (χ0) is 29.0. The van der Waals surface area contributed by atoms with Gasteiger partial charge in [-0.15, -0.1) is 0 Å². The highest BCUT2D eigenvalue weighted by Gasteiger charge is 2.31. The van der Waals surface area contributed by atoms with Crippen molar-refractivity contribution in [1.82, 2.24) is 9.13 Å². The van der Waals surface area contributed by atoms with Crippen molar-refractivity contribution in [2.45, 2.75) is 25.9 Å². The lowest BCUT2D eigenvalue weighted by Crippen LogP contribution is -2.55. The summed E-state index contributed by atoms with van der Waals surface area (Å²) < 4.78 is 4.82. The normalized spacial score (nSPS) is 12.1. The van der Waals surface area contributed by atoms with Gasteiger partial charge in [-0.05, 0) is 54.6 Å². The van der Waals surface area contributed by atoms with Gasteiger partial charge in [-0.3, -0.25) is 0 Å². The van der Waals surface area contributed by atoms with Crippen LogP contribution in [0.5, 0.6) is 0 Å². The van der Waals surface area contributed by atoms with E-state index in [0.29, 0.717) is 0 Å². The van der Waals surface area contributed by atoms with Gasteiger partial charge in [0.15, 0.2) is 0 Å². The largest absolute Gasteiger partial charge is 0.309 e. The van der Waals surface area contributed by atoms with Crippen LogP contribution in [0.25, 0.3) is 55.0 Å². The highest BCUT2D eigenvalue weighted by atomic mass is 28.3. The van der Waals surface area contributed by atoms with E-state index in [9.17, 15) is 0 Å². The van der Waals surface area contributed by atoms with E-state index in [1.807, 2.05) is 0 Å². The number of rotatable bonds is 6. The summed E-state index contributed by atoms with van der Waals surface area (Å²) in [6.45, 7) is 4.87. The molecule has 0 saturated heterocycles. The molecule has 0 aliphatic heterocycles. The molecule has 0 radical (unpaired) electrons. The fourth-order valence-corrected chi connectivity index (χ4v) is 11.0. The Balaban J connectivity index is 1.20. The summed E-state index contributed by atoms with van der Waals surface area (Å²) in [5, 5.41) is 8.19. The molecule has 0 bridgehead atoms. The lowest BCUT2D eigenvalue weighted by Gasteiger charge is -2.29. The number of hydrogen-bond donors (Lipinski definition) is 0. The molecule has 208 valence electrons. The van der Waals surface area contributed by atoms with E-state index in [1.54, 1.807) is 0 Å². The van der Waals surface area contributed by atoms with Gasteiger partial charge in [0.1, 0.15) is 8.07 Å². The van der Waals surface area contributed by atoms with Crippen LogP contribution in [0.2, 0.25) is 12.6 Å². The van der Waals surface area contributed by atoms with E-state index in [1.165, 1.54) is 77.8 Å². The van der Waals surface area contributed by atoms with Gasteiger partial charge in [0.2, 0.25) is 0 Å². The van der Waals surface area contributed by atoms with E-state index in [0.717, 1.165) is 0 Å². The lowest BCUT2D eigenvalue weighted by molar-refractivity contribution is 1.06. The number of aromatic nitrogens is 2. The molecule has 0 atom stereocenters. The summed E-state index contributed by atoms with van der Waals surface area (Å²) in [4.78, 5) is 0. The Morgan fingerprint density at radius 2 is 0.721 bits per heavy atom. The Bertz CT molecular complexity index is 1990. The third kappa shape index (κ3) is 3.99. The third-order valence-corrected chi connectivity index (χ3v) is 14.2. The molecule has 2 heterocycles. The van der Waals surface area contributed by atoms with Crippen LogP contribution in [0.4, 0.5) is 0 Å². The van der Waals surface area contributed by atoms with E-state index >= 15 is 0 Å². The van der Waals surface area contributed by atoms with Crippen LogP contribution >= 0.6 is 0 Å². The van der Waals surface area contributed by atoms with E-state index in [4.69, 9.17) is 0 Å². The molecule has 0 unspecified atom stereocenters. The number of para-hydroxylation sites is 4. The van der Waals surface area contributed by atoms with E-state index in [2.05, 4.69) is 168 Å². The molecule has 3 heteroatoms. The standard InChI is InChI=1S/C40H34N2Si/c1-3-28-43(2,31-24-20-29(21-25-31)41-37-16-8-4-12-33(37)34-13-5-9-17-38(34)41)32-26-22-30(23-27-32)42-39-18-10-6-14-35(39)36-15-7-11-19-40(36)42/h4-27H,3,28H2,1-2H3. The van der Waals surface area contributed by atoms with Crippen LogP contribution in [0.3, 0.4) is 0 Å². The highest BCUT2D eigenvalue weighted by molar-refractivity contribution is 7.01. The summed E-state index contributed by atoms with van der Waals surface area (Å²) in [6.07, 6.45) is 1.17. The maximum absolute atomic E-state index is 2.54. The van der Waals surface area contributed by atoms with Crippen LogP contribution in [0.1, 0.15) is 13.3 Å². The summed E-state index contributed by atoms with van der Waals surface area (Å²) in [7, 11) is -1.95. The first kappa shape index (κ1) is 25.8. The number of fused-ring (bicyclic) bond motifs is 6.